The lowest BCUT2D eigenvalue weighted by molar-refractivity contribution is 0.439. The predicted molar refractivity (Wildman–Crippen MR) is 85.4 cm³/mol. The molecule has 0 N–H and O–H groups in total. The van der Waals surface area contributed by atoms with E-state index in [1.165, 1.54) is 19.3 Å². The summed E-state index contributed by atoms with van der Waals surface area (Å²) in [4.78, 5) is 4.69. The number of para-hydroxylation sites is 1. The zero-order chi connectivity index (χ0) is 14.8. The summed E-state index contributed by atoms with van der Waals surface area (Å²) in [6, 6.07) is 8.09. The van der Waals surface area contributed by atoms with Crippen molar-refractivity contribution in [1.82, 2.24) is 9.55 Å². The van der Waals surface area contributed by atoms with Crippen LogP contribution in [0.15, 0.2) is 18.2 Å². The second-order valence-electron chi connectivity index (χ2n) is 6.15. The van der Waals surface area contributed by atoms with Crippen LogP contribution in [0.5, 0.6) is 0 Å². The average molecular weight is 302 g/mol. The molecule has 1 aromatic carbocycles. The van der Waals surface area contributed by atoms with Crippen molar-refractivity contribution in [3.05, 3.63) is 29.6 Å². The largest absolute Gasteiger partial charge is 0.328 e. The van der Waals surface area contributed by atoms with Gasteiger partial charge < -0.3 is 4.57 Å². The minimum atomic E-state index is 0.562. The Morgan fingerprint density at radius 1 is 1.43 bits per heavy atom. The lowest BCUT2D eigenvalue weighted by atomic mass is 10.1. The number of aryl methyl sites for hydroxylation is 1. The monoisotopic (exact) mass is 301 g/mol. The van der Waals surface area contributed by atoms with Gasteiger partial charge >= 0.3 is 0 Å². The molecule has 4 heteroatoms. The van der Waals surface area contributed by atoms with Gasteiger partial charge in [-0.1, -0.05) is 19.4 Å². The first-order valence-electron chi connectivity index (χ1n) is 7.67. The van der Waals surface area contributed by atoms with Crippen LogP contribution in [-0.4, -0.2) is 15.4 Å². The van der Waals surface area contributed by atoms with Gasteiger partial charge in [0, 0.05) is 18.8 Å². The Bertz CT molecular complexity index is 683. The third kappa shape index (κ3) is 2.78. The van der Waals surface area contributed by atoms with Gasteiger partial charge in [-0.05, 0) is 36.8 Å². The van der Waals surface area contributed by atoms with Crippen molar-refractivity contribution in [2.75, 3.05) is 5.88 Å². The van der Waals surface area contributed by atoms with E-state index in [9.17, 15) is 5.26 Å². The molecular formula is C17H20ClN3. The van der Waals surface area contributed by atoms with Crippen molar-refractivity contribution in [3.63, 3.8) is 0 Å². The number of aromatic nitrogens is 2. The quantitative estimate of drug-likeness (QED) is 0.797. The standard InChI is InChI=1S/C17H20ClN3/c1-12-5-6-13(9-12)11-21-15-4-2-3-14(10-19)17(15)20-16(21)7-8-18/h2-4,12-13H,5-9,11H2,1H3. The minimum Gasteiger partial charge on any atom is -0.328 e. The Morgan fingerprint density at radius 2 is 2.29 bits per heavy atom. The summed E-state index contributed by atoms with van der Waals surface area (Å²) in [5.74, 6) is 3.13. The molecule has 21 heavy (non-hydrogen) atoms. The fourth-order valence-electron chi connectivity index (χ4n) is 3.51. The first kappa shape index (κ1) is 14.4. The van der Waals surface area contributed by atoms with Crippen LogP contribution < -0.4 is 0 Å². The molecule has 1 aliphatic rings. The van der Waals surface area contributed by atoms with Crippen LogP contribution in [-0.2, 0) is 13.0 Å². The Morgan fingerprint density at radius 3 is 2.95 bits per heavy atom. The van der Waals surface area contributed by atoms with Gasteiger partial charge in [-0.2, -0.15) is 5.26 Å². The van der Waals surface area contributed by atoms with Gasteiger partial charge in [0.25, 0.3) is 0 Å². The molecule has 2 aromatic rings. The summed E-state index contributed by atoms with van der Waals surface area (Å²) in [6.45, 7) is 3.33. The number of halogens is 1. The maximum absolute atomic E-state index is 9.26. The molecule has 2 atom stereocenters. The van der Waals surface area contributed by atoms with Gasteiger partial charge in [0.15, 0.2) is 0 Å². The number of hydrogen-bond donors (Lipinski definition) is 0. The van der Waals surface area contributed by atoms with Crippen molar-refractivity contribution in [1.29, 1.82) is 5.26 Å². The molecule has 3 rings (SSSR count). The van der Waals surface area contributed by atoms with Crippen molar-refractivity contribution >= 4 is 22.6 Å². The highest BCUT2D eigenvalue weighted by Gasteiger charge is 2.23. The first-order valence-corrected chi connectivity index (χ1v) is 8.20. The van der Waals surface area contributed by atoms with Crippen molar-refractivity contribution in [2.24, 2.45) is 11.8 Å². The molecule has 0 saturated heterocycles. The Balaban J connectivity index is 2.02. The number of rotatable bonds is 4. The van der Waals surface area contributed by atoms with E-state index < -0.39 is 0 Å². The summed E-state index contributed by atoms with van der Waals surface area (Å²) < 4.78 is 2.29. The van der Waals surface area contributed by atoms with Crippen LogP contribution in [0.4, 0.5) is 0 Å². The summed E-state index contributed by atoms with van der Waals surface area (Å²) in [6.07, 6.45) is 4.66. The van der Waals surface area contributed by atoms with Gasteiger partial charge in [-0.15, -0.1) is 11.6 Å². The third-order valence-corrected chi connectivity index (χ3v) is 4.73. The molecule has 0 radical (unpaired) electrons. The zero-order valence-corrected chi connectivity index (χ0v) is 13.1. The molecule has 1 aromatic heterocycles. The van der Waals surface area contributed by atoms with E-state index in [0.29, 0.717) is 11.4 Å². The number of alkyl halides is 1. The van der Waals surface area contributed by atoms with E-state index >= 15 is 0 Å². The lowest BCUT2D eigenvalue weighted by Gasteiger charge is -2.14. The van der Waals surface area contributed by atoms with E-state index in [4.69, 9.17) is 16.6 Å². The van der Waals surface area contributed by atoms with Crippen LogP contribution in [0.3, 0.4) is 0 Å². The zero-order valence-electron chi connectivity index (χ0n) is 12.3. The molecule has 110 valence electrons. The van der Waals surface area contributed by atoms with Gasteiger partial charge in [0.2, 0.25) is 0 Å². The highest BCUT2D eigenvalue weighted by molar-refractivity contribution is 6.17. The molecule has 1 fully saturated rings. The lowest BCUT2D eigenvalue weighted by Crippen LogP contribution is -2.11. The minimum absolute atomic E-state index is 0.562. The highest BCUT2D eigenvalue weighted by Crippen LogP contribution is 2.33. The van der Waals surface area contributed by atoms with E-state index in [2.05, 4.69) is 23.6 Å². The van der Waals surface area contributed by atoms with Gasteiger partial charge in [-0.25, -0.2) is 4.98 Å². The molecule has 0 spiro atoms. The summed E-state index contributed by atoms with van der Waals surface area (Å²) in [7, 11) is 0. The number of imidazole rings is 1. The van der Waals surface area contributed by atoms with E-state index in [1.807, 2.05) is 12.1 Å². The number of nitrogens with zero attached hydrogens (tertiary/aromatic N) is 3. The topological polar surface area (TPSA) is 41.6 Å². The molecule has 3 nitrogen and oxygen atoms in total. The van der Waals surface area contributed by atoms with Crippen LogP contribution in [0.2, 0.25) is 0 Å². The van der Waals surface area contributed by atoms with Crippen LogP contribution in [0.25, 0.3) is 11.0 Å². The van der Waals surface area contributed by atoms with Gasteiger partial charge in [0.1, 0.15) is 17.4 Å². The van der Waals surface area contributed by atoms with E-state index in [0.717, 1.165) is 41.7 Å². The Kier molecular flexibility index (Phi) is 4.17. The number of fused-ring (bicyclic) bond motifs is 1. The SMILES string of the molecule is CC1CCC(Cn2c(CCCl)nc3c(C#N)cccc32)C1. The number of benzene rings is 1. The molecule has 0 amide bonds. The van der Waals surface area contributed by atoms with Crippen molar-refractivity contribution < 1.29 is 0 Å². The summed E-state index contributed by atoms with van der Waals surface area (Å²) >= 11 is 5.93. The fourth-order valence-corrected chi connectivity index (χ4v) is 3.68. The molecule has 0 bridgehead atoms. The normalized spacial score (nSPS) is 21.8. The molecule has 1 aliphatic carbocycles. The maximum atomic E-state index is 9.26. The molecular weight excluding hydrogens is 282 g/mol. The van der Waals surface area contributed by atoms with Crippen molar-refractivity contribution in [2.45, 2.75) is 39.2 Å². The second kappa shape index (κ2) is 6.07. The summed E-state index contributed by atoms with van der Waals surface area (Å²) in [5.41, 5.74) is 2.56. The smallest absolute Gasteiger partial charge is 0.111 e. The highest BCUT2D eigenvalue weighted by atomic mass is 35.5. The Hall–Kier alpha value is -1.53. The Labute approximate surface area is 130 Å². The van der Waals surface area contributed by atoms with Gasteiger partial charge in [-0.3, -0.25) is 0 Å². The fraction of sp³-hybridized carbons (Fsp3) is 0.529. The number of nitriles is 1. The van der Waals surface area contributed by atoms with Crippen molar-refractivity contribution in [3.8, 4) is 6.07 Å². The average Bonchev–Trinajstić information content (AvgIpc) is 3.04. The maximum Gasteiger partial charge on any atom is 0.111 e. The van der Waals surface area contributed by atoms with Crippen LogP contribution >= 0.6 is 11.6 Å². The third-order valence-electron chi connectivity index (χ3n) is 4.54. The molecule has 0 aliphatic heterocycles. The molecule has 1 saturated carbocycles. The molecule has 1 heterocycles. The predicted octanol–water partition coefficient (Wildman–Crippen LogP) is 4.13. The van der Waals surface area contributed by atoms with Crippen LogP contribution in [0, 0.1) is 23.2 Å². The van der Waals surface area contributed by atoms with E-state index in [1.54, 1.807) is 0 Å². The summed E-state index contributed by atoms with van der Waals surface area (Å²) in [5, 5.41) is 9.26. The van der Waals surface area contributed by atoms with Gasteiger partial charge in [0.05, 0.1) is 11.1 Å². The molecule has 2 unspecified atom stereocenters. The number of hydrogen-bond acceptors (Lipinski definition) is 2. The van der Waals surface area contributed by atoms with Crippen LogP contribution in [0.1, 0.15) is 37.6 Å². The van der Waals surface area contributed by atoms with E-state index in [-0.39, 0.29) is 0 Å². The first-order chi connectivity index (χ1) is 10.2. The second-order valence-corrected chi connectivity index (χ2v) is 6.52.